The Balaban J connectivity index is 2.92. The van der Waals surface area contributed by atoms with Gasteiger partial charge in [-0.3, -0.25) is 0 Å². The van der Waals surface area contributed by atoms with Crippen LogP contribution in [0.5, 0.6) is 5.75 Å². The first-order chi connectivity index (χ1) is 8.36. The van der Waals surface area contributed by atoms with Crippen LogP contribution < -0.4 is 4.74 Å². The molecule has 0 bridgehead atoms. The molecule has 1 N–H and O–H groups in total. The molecular formula is C11H7F3O4. The quantitative estimate of drug-likeness (QED) is 0.900. The van der Waals surface area contributed by atoms with Crippen molar-refractivity contribution in [1.82, 2.24) is 0 Å². The molecule has 2 rings (SSSR count). The smallest absolute Gasteiger partial charge is 0.421 e. The molecule has 1 aromatic carbocycles. The number of carboxylic acids is 1. The van der Waals surface area contributed by atoms with Gasteiger partial charge in [-0.05, 0) is 12.1 Å². The van der Waals surface area contributed by atoms with Crippen LogP contribution in [0.3, 0.4) is 0 Å². The average molecular weight is 260 g/mol. The maximum Gasteiger partial charge on any atom is 0.421 e. The number of alkyl halides is 3. The van der Waals surface area contributed by atoms with E-state index in [0.717, 1.165) is 0 Å². The molecule has 0 atom stereocenters. The van der Waals surface area contributed by atoms with Crippen LogP contribution in [-0.2, 0) is 6.18 Å². The lowest BCUT2D eigenvalue weighted by molar-refractivity contribution is -0.137. The predicted molar refractivity (Wildman–Crippen MR) is 54.7 cm³/mol. The Morgan fingerprint density at radius 1 is 1.39 bits per heavy atom. The van der Waals surface area contributed by atoms with E-state index in [2.05, 4.69) is 0 Å². The van der Waals surface area contributed by atoms with E-state index in [1.807, 2.05) is 0 Å². The summed E-state index contributed by atoms with van der Waals surface area (Å²) in [6, 6.07) is 3.97. The van der Waals surface area contributed by atoms with Gasteiger partial charge in [-0.15, -0.1) is 0 Å². The second kappa shape index (κ2) is 3.94. The van der Waals surface area contributed by atoms with Crippen LogP contribution in [0.15, 0.2) is 22.6 Å². The Morgan fingerprint density at radius 2 is 2.06 bits per heavy atom. The second-order valence-electron chi connectivity index (χ2n) is 3.44. The van der Waals surface area contributed by atoms with Gasteiger partial charge >= 0.3 is 12.1 Å². The van der Waals surface area contributed by atoms with Crippen molar-refractivity contribution in [2.24, 2.45) is 0 Å². The zero-order valence-corrected chi connectivity index (χ0v) is 9.04. The minimum absolute atomic E-state index is 0.0870. The number of hydrogen-bond donors (Lipinski definition) is 1. The Labute approximate surface area is 98.6 Å². The summed E-state index contributed by atoms with van der Waals surface area (Å²) in [4.78, 5) is 10.8. The molecule has 1 aromatic heterocycles. The number of carbonyl (C=O) groups is 1. The lowest BCUT2D eigenvalue weighted by Crippen LogP contribution is -2.10. The van der Waals surface area contributed by atoms with Crippen molar-refractivity contribution < 1.29 is 32.2 Å². The summed E-state index contributed by atoms with van der Waals surface area (Å²) in [7, 11) is 1.20. The lowest BCUT2D eigenvalue weighted by Gasteiger charge is -2.07. The zero-order chi connectivity index (χ0) is 13.5. The summed E-state index contributed by atoms with van der Waals surface area (Å²) in [5.74, 6) is -3.00. The Hall–Kier alpha value is -2.18. The highest BCUT2D eigenvalue weighted by molar-refractivity contribution is 5.98. The first-order valence-corrected chi connectivity index (χ1v) is 4.76. The van der Waals surface area contributed by atoms with E-state index in [1.54, 1.807) is 0 Å². The summed E-state index contributed by atoms with van der Waals surface area (Å²) >= 11 is 0. The van der Waals surface area contributed by atoms with Gasteiger partial charge in [0.15, 0.2) is 0 Å². The SMILES string of the molecule is COc1cccc2oc(C(=O)O)c(C(F)(F)F)c12. The molecule has 0 aliphatic heterocycles. The molecule has 0 aliphatic rings. The molecular weight excluding hydrogens is 253 g/mol. The van der Waals surface area contributed by atoms with E-state index in [0.29, 0.717) is 0 Å². The van der Waals surface area contributed by atoms with Gasteiger partial charge in [-0.25, -0.2) is 4.79 Å². The number of fused-ring (bicyclic) bond motifs is 1. The van der Waals surface area contributed by atoms with Crippen molar-refractivity contribution in [2.75, 3.05) is 7.11 Å². The third-order valence-electron chi connectivity index (χ3n) is 2.37. The summed E-state index contributed by atoms with van der Waals surface area (Å²) in [6.07, 6.45) is -4.84. The van der Waals surface area contributed by atoms with E-state index in [4.69, 9.17) is 14.3 Å². The second-order valence-corrected chi connectivity index (χ2v) is 3.44. The van der Waals surface area contributed by atoms with Crippen molar-refractivity contribution >= 4 is 16.9 Å². The number of benzene rings is 1. The molecule has 0 saturated heterocycles. The van der Waals surface area contributed by atoms with Crippen molar-refractivity contribution in [3.8, 4) is 5.75 Å². The number of ether oxygens (including phenoxy) is 1. The largest absolute Gasteiger partial charge is 0.496 e. The molecule has 0 aliphatic carbocycles. The molecule has 0 saturated carbocycles. The van der Waals surface area contributed by atoms with E-state index in [1.165, 1.54) is 25.3 Å². The Morgan fingerprint density at radius 3 is 2.56 bits per heavy atom. The highest BCUT2D eigenvalue weighted by Gasteiger charge is 2.41. The molecule has 1 heterocycles. The summed E-state index contributed by atoms with van der Waals surface area (Å²) in [5, 5.41) is 8.37. The molecule has 96 valence electrons. The highest BCUT2D eigenvalue weighted by Crippen LogP contribution is 2.43. The number of halogens is 3. The highest BCUT2D eigenvalue weighted by atomic mass is 19.4. The maximum absolute atomic E-state index is 12.9. The predicted octanol–water partition coefficient (Wildman–Crippen LogP) is 3.16. The molecule has 0 amide bonds. The van der Waals surface area contributed by atoms with Gasteiger partial charge in [-0.2, -0.15) is 13.2 Å². The van der Waals surface area contributed by atoms with Crippen molar-refractivity contribution in [2.45, 2.75) is 6.18 Å². The van der Waals surface area contributed by atoms with E-state index in [9.17, 15) is 18.0 Å². The molecule has 0 spiro atoms. The van der Waals surface area contributed by atoms with Gasteiger partial charge in [0.25, 0.3) is 0 Å². The third kappa shape index (κ3) is 1.77. The lowest BCUT2D eigenvalue weighted by atomic mass is 10.1. The van der Waals surface area contributed by atoms with Gasteiger partial charge < -0.3 is 14.3 Å². The molecule has 4 nitrogen and oxygen atoms in total. The number of rotatable bonds is 2. The third-order valence-corrected chi connectivity index (χ3v) is 2.37. The summed E-state index contributed by atoms with van der Waals surface area (Å²) < 4.78 is 48.3. The molecule has 18 heavy (non-hydrogen) atoms. The van der Waals surface area contributed by atoms with Crippen LogP contribution in [0.4, 0.5) is 13.2 Å². The van der Waals surface area contributed by atoms with E-state index < -0.39 is 23.5 Å². The van der Waals surface area contributed by atoms with Crippen LogP contribution in [-0.4, -0.2) is 18.2 Å². The Bertz CT molecular complexity index is 613. The fourth-order valence-corrected chi connectivity index (χ4v) is 1.71. The van der Waals surface area contributed by atoms with Crippen LogP contribution in [0.2, 0.25) is 0 Å². The number of aromatic carboxylic acids is 1. The van der Waals surface area contributed by atoms with Crippen molar-refractivity contribution in [1.29, 1.82) is 0 Å². The van der Waals surface area contributed by atoms with E-state index >= 15 is 0 Å². The fraction of sp³-hybridized carbons (Fsp3) is 0.182. The molecule has 2 aromatic rings. The molecule has 0 unspecified atom stereocenters. The fourth-order valence-electron chi connectivity index (χ4n) is 1.71. The molecule has 0 radical (unpaired) electrons. The van der Waals surface area contributed by atoms with Gasteiger partial charge in [0.05, 0.1) is 12.5 Å². The first kappa shape index (κ1) is 12.3. The molecule has 7 heteroatoms. The van der Waals surface area contributed by atoms with Gasteiger partial charge in [0.2, 0.25) is 5.76 Å². The number of carboxylic acid groups (broad SMARTS) is 1. The minimum atomic E-state index is -4.84. The number of methoxy groups -OCH3 is 1. The average Bonchev–Trinajstić information content (AvgIpc) is 2.67. The first-order valence-electron chi connectivity index (χ1n) is 4.76. The van der Waals surface area contributed by atoms with Crippen LogP contribution in [0.1, 0.15) is 16.1 Å². The van der Waals surface area contributed by atoms with Gasteiger partial charge in [-0.1, -0.05) is 6.07 Å². The summed E-state index contributed by atoms with van der Waals surface area (Å²) in [6.45, 7) is 0. The molecule has 0 fully saturated rings. The standard InChI is InChI=1S/C11H7F3O4/c1-17-5-3-2-4-6-7(5)8(11(12,13)14)9(18-6)10(15)16/h2-4H,1H3,(H,15,16). The van der Waals surface area contributed by atoms with Crippen molar-refractivity contribution in [3.63, 3.8) is 0 Å². The zero-order valence-electron chi connectivity index (χ0n) is 9.04. The minimum Gasteiger partial charge on any atom is -0.496 e. The number of hydrogen-bond acceptors (Lipinski definition) is 3. The maximum atomic E-state index is 12.9. The monoisotopic (exact) mass is 260 g/mol. The van der Waals surface area contributed by atoms with Gasteiger partial charge in [0, 0.05) is 0 Å². The van der Waals surface area contributed by atoms with Gasteiger partial charge in [0.1, 0.15) is 16.9 Å². The normalized spacial score (nSPS) is 11.8. The van der Waals surface area contributed by atoms with Crippen LogP contribution >= 0.6 is 0 Å². The summed E-state index contributed by atoms with van der Waals surface area (Å²) in [5.41, 5.74) is -1.51. The number of furan rings is 1. The van der Waals surface area contributed by atoms with Crippen LogP contribution in [0.25, 0.3) is 11.0 Å². The topological polar surface area (TPSA) is 59.7 Å². The van der Waals surface area contributed by atoms with E-state index in [-0.39, 0.29) is 16.7 Å². The van der Waals surface area contributed by atoms with Crippen molar-refractivity contribution in [3.05, 3.63) is 29.5 Å². The Kier molecular flexibility index (Phi) is 2.68. The van der Waals surface area contributed by atoms with Crippen LogP contribution in [0, 0.1) is 0 Å².